The molecule has 3 aromatic rings. The van der Waals surface area contributed by atoms with Crippen molar-refractivity contribution >= 4 is 17.6 Å². The van der Waals surface area contributed by atoms with Crippen LogP contribution in [0, 0.1) is 11.6 Å². The van der Waals surface area contributed by atoms with Crippen LogP contribution in [0.25, 0.3) is 0 Å². The predicted molar refractivity (Wildman–Crippen MR) is 109 cm³/mol. The summed E-state index contributed by atoms with van der Waals surface area (Å²) >= 11 is 0. The van der Waals surface area contributed by atoms with Gasteiger partial charge in [0.2, 0.25) is 5.82 Å². The van der Waals surface area contributed by atoms with Crippen LogP contribution >= 0.6 is 0 Å². The lowest BCUT2D eigenvalue weighted by Gasteiger charge is -2.24. The Balaban J connectivity index is 1.39. The van der Waals surface area contributed by atoms with Gasteiger partial charge in [-0.3, -0.25) is 14.5 Å². The molecule has 5 rings (SSSR count). The van der Waals surface area contributed by atoms with E-state index in [1.165, 1.54) is 27.8 Å². The van der Waals surface area contributed by atoms with Crippen LogP contribution in [0.15, 0.2) is 30.5 Å². The molecular formula is C21H21F2N7O2. The van der Waals surface area contributed by atoms with E-state index in [2.05, 4.69) is 20.5 Å². The normalized spacial score (nSPS) is 20.5. The van der Waals surface area contributed by atoms with Crippen LogP contribution in [0.4, 0.5) is 14.6 Å². The zero-order valence-electron chi connectivity index (χ0n) is 17.3. The average molecular weight is 441 g/mol. The molecule has 0 bridgehead atoms. The lowest BCUT2D eigenvalue weighted by Crippen LogP contribution is -2.47. The fourth-order valence-electron chi connectivity index (χ4n) is 4.40. The Hall–Kier alpha value is -3.63. The summed E-state index contributed by atoms with van der Waals surface area (Å²) in [4.78, 5) is 31.5. The minimum Gasteiger partial charge on any atom is -0.337 e. The highest BCUT2D eigenvalue weighted by atomic mass is 19.1. The summed E-state index contributed by atoms with van der Waals surface area (Å²) in [6, 6.07) is 4.00. The van der Waals surface area contributed by atoms with Crippen molar-refractivity contribution in [2.75, 3.05) is 11.9 Å². The highest BCUT2D eigenvalue weighted by molar-refractivity contribution is 6.00. The number of anilines is 1. The number of benzene rings is 1. The van der Waals surface area contributed by atoms with Crippen molar-refractivity contribution in [2.45, 2.75) is 44.3 Å². The molecule has 9 nitrogen and oxygen atoms in total. The van der Waals surface area contributed by atoms with E-state index in [1.54, 1.807) is 24.0 Å². The summed E-state index contributed by atoms with van der Waals surface area (Å²) in [5.74, 6) is -1.18. The van der Waals surface area contributed by atoms with Gasteiger partial charge in [0.25, 0.3) is 11.8 Å². The Morgan fingerprint density at radius 2 is 1.97 bits per heavy atom. The number of carbonyl (C=O) groups is 2. The van der Waals surface area contributed by atoms with Gasteiger partial charge in [-0.05, 0) is 31.4 Å². The zero-order valence-corrected chi connectivity index (χ0v) is 17.3. The van der Waals surface area contributed by atoms with Crippen LogP contribution in [-0.4, -0.2) is 49.4 Å². The first-order chi connectivity index (χ1) is 15.4. The van der Waals surface area contributed by atoms with Crippen LogP contribution < -0.4 is 10.2 Å². The van der Waals surface area contributed by atoms with Crippen LogP contribution in [0.5, 0.6) is 0 Å². The van der Waals surface area contributed by atoms with Gasteiger partial charge in [-0.1, -0.05) is 6.07 Å². The second-order valence-corrected chi connectivity index (χ2v) is 7.96. The Kier molecular flexibility index (Phi) is 4.95. The third-order valence-corrected chi connectivity index (χ3v) is 6.01. The molecule has 0 fully saturated rings. The van der Waals surface area contributed by atoms with Crippen LogP contribution in [0.2, 0.25) is 0 Å². The van der Waals surface area contributed by atoms with Gasteiger partial charge in [0.15, 0.2) is 0 Å². The first-order valence-electron chi connectivity index (χ1n) is 10.4. The van der Waals surface area contributed by atoms with Gasteiger partial charge >= 0.3 is 0 Å². The number of aromatic nitrogens is 5. The van der Waals surface area contributed by atoms with Crippen LogP contribution in [0.1, 0.15) is 47.3 Å². The van der Waals surface area contributed by atoms with E-state index in [1.807, 2.05) is 0 Å². The van der Waals surface area contributed by atoms with Crippen LogP contribution in [0.3, 0.4) is 0 Å². The second-order valence-electron chi connectivity index (χ2n) is 7.96. The number of likely N-dealkylation sites (N-methyl/N-ethyl adjacent to an activating group) is 1. The summed E-state index contributed by atoms with van der Waals surface area (Å²) < 4.78 is 31.9. The highest BCUT2D eigenvalue weighted by Gasteiger charge is 2.33. The molecule has 11 heteroatoms. The maximum absolute atomic E-state index is 14.4. The molecule has 2 atom stereocenters. The summed E-state index contributed by atoms with van der Waals surface area (Å²) in [7, 11) is 1.63. The van der Waals surface area contributed by atoms with Gasteiger partial charge in [0, 0.05) is 31.6 Å². The highest BCUT2D eigenvalue weighted by Crippen LogP contribution is 2.32. The number of rotatable bonds is 3. The maximum Gasteiger partial charge on any atom is 0.291 e. The Labute approximate surface area is 182 Å². The molecule has 1 aromatic carbocycles. The number of amides is 2. The molecule has 1 N–H and O–H groups in total. The second kappa shape index (κ2) is 7.81. The minimum atomic E-state index is -0.769. The first kappa shape index (κ1) is 20.3. The van der Waals surface area contributed by atoms with Gasteiger partial charge < -0.3 is 5.32 Å². The SMILES string of the molecule is CN1C(=O)[C@@H](NC(=O)c2nc3n(n2)[C@@H](c2c(F)cccc2F)CCC3)CCn2nccc21. The average Bonchev–Trinajstić information content (AvgIpc) is 3.40. The predicted octanol–water partition coefficient (Wildman–Crippen LogP) is 1.84. The van der Waals surface area contributed by atoms with Crippen molar-refractivity contribution in [1.29, 1.82) is 0 Å². The Morgan fingerprint density at radius 3 is 2.75 bits per heavy atom. The van der Waals surface area contributed by atoms with Crippen molar-refractivity contribution < 1.29 is 18.4 Å². The molecule has 166 valence electrons. The van der Waals surface area contributed by atoms with Gasteiger partial charge in [-0.25, -0.2) is 23.1 Å². The smallest absolute Gasteiger partial charge is 0.291 e. The number of nitrogens with one attached hydrogen (secondary N) is 1. The van der Waals surface area contributed by atoms with Crippen molar-refractivity contribution in [1.82, 2.24) is 29.9 Å². The third-order valence-electron chi connectivity index (χ3n) is 6.01. The molecule has 0 radical (unpaired) electrons. The fourth-order valence-corrected chi connectivity index (χ4v) is 4.40. The molecule has 32 heavy (non-hydrogen) atoms. The lowest BCUT2D eigenvalue weighted by molar-refractivity contribution is -0.120. The molecule has 0 saturated heterocycles. The monoisotopic (exact) mass is 441 g/mol. The molecule has 2 amide bonds. The molecule has 0 spiro atoms. The van der Waals surface area contributed by atoms with E-state index >= 15 is 0 Å². The first-order valence-corrected chi connectivity index (χ1v) is 10.4. The molecular weight excluding hydrogens is 420 g/mol. The van der Waals surface area contributed by atoms with Gasteiger partial charge in [-0.2, -0.15) is 5.10 Å². The maximum atomic E-state index is 14.4. The Morgan fingerprint density at radius 1 is 1.19 bits per heavy atom. The third kappa shape index (κ3) is 3.33. The minimum absolute atomic E-state index is 0.0831. The van der Waals surface area contributed by atoms with E-state index in [4.69, 9.17) is 0 Å². The summed E-state index contributed by atoms with van der Waals surface area (Å²) in [6.45, 7) is 0.463. The number of fused-ring (bicyclic) bond motifs is 2. The molecule has 4 heterocycles. The quantitative estimate of drug-likeness (QED) is 0.669. The fraction of sp³-hybridized carbons (Fsp3) is 0.381. The van der Waals surface area contributed by atoms with E-state index in [9.17, 15) is 18.4 Å². The molecule has 2 aliphatic rings. The number of hydrogen-bond donors (Lipinski definition) is 1. The summed E-state index contributed by atoms with van der Waals surface area (Å²) in [5.41, 5.74) is -0.0831. The van der Waals surface area contributed by atoms with Crippen LogP contribution in [-0.2, 0) is 17.8 Å². The largest absolute Gasteiger partial charge is 0.337 e. The Bertz CT molecular complexity index is 1180. The lowest BCUT2D eigenvalue weighted by atomic mass is 9.97. The van der Waals surface area contributed by atoms with E-state index in [0.717, 1.165) is 0 Å². The van der Waals surface area contributed by atoms with E-state index in [-0.39, 0.29) is 17.3 Å². The number of nitrogens with zero attached hydrogens (tertiary/aromatic N) is 6. The number of hydrogen-bond acceptors (Lipinski definition) is 5. The van der Waals surface area contributed by atoms with Gasteiger partial charge in [0.1, 0.15) is 29.3 Å². The van der Waals surface area contributed by atoms with Crippen molar-refractivity contribution in [3.05, 3.63) is 59.3 Å². The van der Waals surface area contributed by atoms with Crippen molar-refractivity contribution in [3.63, 3.8) is 0 Å². The van der Waals surface area contributed by atoms with Gasteiger partial charge in [-0.15, -0.1) is 5.10 Å². The summed E-state index contributed by atoms with van der Waals surface area (Å²) in [6.07, 6.45) is 3.66. The molecule has 0 saturated carbocycles. The number of halogens is 2. The number of aryl methyl sites for hydroxylation is 2. The molecule has 2 aromatic heterocycles. The molecule has 2 aliphatic heterocycles. The van der Waals surface area contributed by atoms with Crippen molar-refractivity contribution in [2.24, 2.45) is 0 Å². The topological polar surface area (TPSA) is 97.9 Å². The summed E-state index contributed by atoms with van der Waals surface area (Å²) in [5, 5.41) is 11.2. The van der Waals surface area contributed by atoms with Crippen molar-refractivity contribution in [3.8, 4) is 0 Å². The van der Waals surface area contributed by atoms with Gasteiger partial charge in [0.05, 0.1) is 12.2 Å². The van der Waals surface area contributed by atoms with E-state index < -0.39 is 29.6 Å². The molecule has 0 unspecified atom stereocenters. The number of carbonyl (C=O) groups excluding carboxylic acids is 2. The standard InChI is InChI=1S/C21H21F2N7O2/c1-28-17-8-10-24-29(17)11-9-14(21(28)32)25-20(31)19-26-16-7-3-6-15(30(16)27-19)18-12(22)4-2-5-13(18)23/h2,4-5,8,10,14-15H,3,6-7,9,11H2,1H3,(H,25,31)/t14-,15+/m0/s1. The van der Waals surface area contributed by atoms with E-state index in [0.29, 0.717) is 43.9 Å². The molecule has 0 aliphatic carbocycles. The zero-order chi connectivity index (χ0) is 22.4.